The lowest BCUT2D eigenvalue weighted by atomic mass is 10.1. The maximum atomic E-state index is 15.0. The Kier molecular flexibility index (Phi) is 6.18. The number of nitrogens with one attached hydrogen (secondary N) is 2. The number of hydrogen-bond donors (Lipinski definition) is 2. The minimum Gasteiger partial charge on any atom is -0.423 e. The van der Waals surface area contributed by atoms with Crippen LogP contribution in [0.15, 0.2) is 62.8 Å². The van der Waals surface area contributed by atoms with Gasteiger partial charge in [-0.3, -0.25) is 9.55 Å². The number of rotatable bonds is 6. The largest absolute Gasteiger partial charge is 0.423 e. The summed E-state index contributed by atoms with van der Waals surface area (Å²) in [5, 5.41) is 14.9. The van der Waals surface area contributed by atoms with E-state index in [1.54, 1.807) is 44.4 Å². The van der Waals surface area contributed by atoms with E-state index < -0.39 is 17.2 Å². The zero-order valence-corrected chi connectivity index (χ0v) is 20.6. The van der Waals surface area contributed by atoms with E-state index in [0.29, 0.717) is 11.1 Å². The lowest BCUT2D eigenvalue weighted by Crippen LogP contribution is -2.42. The average molecular weight is 513 g/mol. The van der Waals surface area contributed by atoms with Gasteiger partial charge in [0.2, 0.25) is 5.95 Å². The Morgan fingerprint density at radius 3 is 2.66 bits per heavy atom. The number of aromatic nitrogens is 5. The number of hydrogen-bond acceptors (Lipinski definition) is 9. The molecular weight excluding hydrogens is 491 g/mol. The zero-order chi connectivity index (χ0) is 27.0. The van der Waals surface area contributed by atoms with Gasteiger partial charge in [-0.1, -0.05) is 6.07 Å². The molecule has 0 atom stereocenters. The van der Waals surface area contributed by atoms with Gasteiger partial charge in [0.25, 0.3) is 6.01 Å². The summed E-state index contributed by atoms with van der Waals surface area (Å²) in [5.41, 5.74) is 1.74. The van der Waals surface area contributed by atoms with Crippen LogP contribution >= 0.6 is 0 Å². The molecule has 12 heteroatoms. The average Bonchev–Trinajstić information content (AvgIpc) is 3.29. The van der Waals surface area contributed by atoms with Gasteiger partial charge in [-0.2, -0.15) is 15.2 Å². The highest BCUT2D eigenvalue weighted by Gasteiger charge is 2.19. The van der Waals surface area contributed by atoms with E-state index >= 15 is 4.39 Å². The van der Waals surface area contributed by atoms with Crippen LogP contribution in [0.5, 0.6) is 0 Å². The van der Waals surface area contributed by atoms with Crippen molar-refractivity contribution in [2.24, 2.45) is 0 Å². The summed E-state index contributed by atoms with van der Waals surface area (Å²) in [4.78, 5) is 39.1. The number of halogens is 1. The Morgan fingerprint density at radius 2 is 1.92 bits per heavy atom. The molecule has 2 N–H and O–H groups in total. The molecule has 0 saturated carbocycles. The Morgan fingerprint density at radius 1 is 1.11 bits per heavy atom. The van der Waals surface area contributed by atoms with Crippen LogP contribution in [0.1, 0.15) is 22.3 Å². The van der Waals surface area contributed by atoms with Gasteiger partial charge in [-0.05, 0) is 48.7 Å². The van der Waals surface area contributed by atoms with Gasteiger partial charge in [-0.15, -0.1) is 0 Å². The monoisotopic (exact) mass is 512 g/mol. The number of anilines is 3. The lowest BCUT2D eigenvalue weighted by Gasteiger charge is -2.17. The normalized spacial score (nSPS) is 10.9. The van der Waals surface area contributed by atoms with Crippen LogP contribution in [-0.4, -0.2) is 31.1 Å². The number of benzene rings is 2. The van der Waals surface area contributed by atoms with Crippen LogP contribution in [0.2, 0.25) is 0 Å². The summed E-state index contributed by atoms with van der Waals surface area (Å²) in [5.74, 6) is -0.880. The Balaban J connectivity index is 1.69. The van der Waals surface area contributed by atoms with E-state index in [9.17, 15) is 14.9 Å². The quantitative estimate of drug-likeness (QED) is 0.350. The smallest absolute Gasteiger partial charge is 0.359 e. The molecule has 3 heterocycles. The van der Waals surface area contributed by atoms with E-state index in [4.69, 9.17) is 4.42 Å². The Bertz CT molecular complexity index is 1870. The molecule has 5 aromatic rings. The van der Waals surface area contributed by atoms with Crippen molar-refractivity contribution >= 4 is 28.8 Å². The van der Waals surface area contributed by atoms with Crippen LogP contribution in [-0.2, 0) is 6.54 Å². The minimum atomic E-state index is -0.873. The van der Waals surface area contributed by atoms with Gasteiger partial charge in [0.15, 0.2) is 5.58 Å². The molecule has 0 bridgehead atoms. The fourth-order valence-electron chi connectivity index (χ4n) is 3.97. The molecule has 0 saturated heterocycles. The van der Waals surface area contributed by atoms with Gasteiger partial charge < -0.3 is 15.1 Å². The van der Waals surface area contributed by atoms with Crippen molar-refractivity contribution in [3.63, 3.8) is 0 Å². The zero-order valence-electron chi connectivity index (χ0n) is 20.6. The fraction of sp³-hybridized carbons (Fsp3) is 0.154. The standard InChI is InChI=1S/C26H21FN8O3/c1-14-6-18(12-30-11-14)35-25(36)33-23(31-20-9-22-21(8-19(20)27)32-24(29-3)38-22)34(26(35)37)13-17-7-16(10-28)5-4-15(17)2/h4-9,11-12H,13H2,1-3H3,(H,29,32)(H,31,33,36). The molecule has 0 spiro atoms. The van der Waals surface area contributed by atoms with Crippen molar-refractivity contribution in [2.45, 2.75) is 20.4 Å². The van der Waals surface area contributed by atoms with Gasteiger partial charge in [0.1, 0.15) is 11.3 Å². The third-order valence-corrected chi connectivity index (χ3v) is 5.93. The number of nitrogens with zero attached hydrogens (tertiary/aromatic N) is 6. The highest BCUT2D eigenvalue weighted by atomic mass is 19.1. The topological polar surface area (TPSA) is 144 Å². The molecule has 190 valence electrons. The van der Waals surface area contributed by atoms with Crippen molar-refractivity contribution in [3.8, 4) is 11.8 Å². The summed E-state index contributed by atoms with van der Waals surface area (Å²) in [6.07, 6.45) is 2.97. The predicted molar refractivity (Wildman–Crippen MR) is 138 cm³/mol. The number of oxazole rings is 1. The van der Waals surface area contributed by atoms with E-state index in [1.165, 1.54) is 22.9 Å². The first-order valence-electron chi connectivity index (χ1n) is 11.5. The van der Waals surface area contributed by atoms with Gasteiger partial charge in [0.05, 0.1) is 35.7 Å². The van der Waals surface area contributed by atoms with E-state index in [-0.39, 0.29) is 41.0 Å². The van der Waals surface area contributed by atoms with Crippen molar-refractivity contribution < 1.29 is 8.81 Å². The molecular formula is C26H21FN8O3. The first kappa shape index (κ1) is 24.4. The first-order chi connectivity index (χ1) is 18.3. The van der Waals surface area contributed by atoms with E-state index in [0.717, 1.165) is 15.7 Å². The van der Waals surface area contributed by atoms with Gasteiger partial charge in [0, 0.05) is 25.4 Å². The predicted octanol–water partition coefficient (Wildman–Crippen LogP) is 3.39. The SMILES string of the molecule is CNc1nc2cc(F)c(Nc3nc(=O)n(-c4cncc(C)c4)c(=O)n3Cc3cc(C#N)ccc3C)cc2o1. The molecule has 0 fully saturated rings. The van der Waals surface area contributed by atoms with Crippen molar-refractivity contribution in [1.82, 2.24) is 24.1 Å². The van der Waals surface area contributed by atoms with Gasteiger partial charge >= 0.3 is 11.4 Å². The third kappa shape index (κ3) is 4.48. The summed E-state index contributed by atoms with van der Waals surface area (Å²) in [7, 11) is 1.62. The Labute approximate surface area is 214 Å². The lowest BCUT2D eigenvalue weighted by molar-refractivity contribution is 0.615. The van der Waals surface area contributed by atoms with Crippen molar-refractivity contribution in [3.05, 3.63) is 97.8 Å². The molecule has 3 aromatic heterocycles. The molecule has 0 unspecified atom stereocenters. The Hall–Kier alpha value is -5.31. The second kappa shape index (κ2) is 9.62. The number of aryl methyl sites for hydroxylation is 2. The van der Waals surface area contributed by atoms with Gasteiger partial charge in [-0.25, -0.2) is 18.5 Å². The summed E-state index contributed by atoms with van der Waals surface area (Å²) < 4.78 is 22.7. The molecule has 2 aromatic carbocycles. The summed E-state index contributed by atoms with van der Waals surface area (Å²) in [6, 6.07) is 11.5. The highest BCUT2D eigenvalue weighted by Crippen LogP contribution is 2.27. The number of fused-ring (bicyclic) bond motifs is 1. The maximum Gasteiger partial charge on any atom is 0.359 e. The summed E-state index contributed by atoms with van der Waals surface area (Å²) >= 11 is 0. The number of pyridine rings is 1. The second-order valence-corrected chi connectivity index (χ2v) is 8.59. The van der Waals surface area contributed by atoms with E-state index in [1.807, 2.05) is 6.92 Å². The van der Waals surface area contributed by atoms with Crippen molar-refractivity contribution in [1.29, 1.82) is 5.26 Å². The number of nitriles is 1. The maximum absolute atomic E-state index is 15.0. The molecule has 11 nitrogen and oxygen atoms in total. The molecule has 0 aliphatic carbocycles. The van der Waals surface area contributed by atoms with Crippen LogP contribution in [0, 0.1) is 31.0 Å². The molecule has 0 radical (unpaired) electrons. The van der Waals surface area contributed by atoms with Crippen LogP contribution in [0.3, 0.4) is 0 Å². The fourth-order valence-corrected chi connectivity index (χ4v) is 3.97. The summed E-state index contributed by atoms with van der Waals surface area (Å²) in [6.45, 7) is 3.56. The van der Waals surface area contributed by atoms with Crippen molar-refractivity contribution in [2.75, 3.05) is 17.7 Å². The van der Waals surface area contributed by atoms with Crippen LogP contribution in [0.4, 0.5) is 22.0 Å². The highest BCUT2D eigenvalue weighted by molar-refractivity contribution is 5.80. The van der Waals surface area contributed by atoms with E-state index in [2.05, 4.69) is 31.7 Å². The van der Waals surface area contributed by atoms with Crippen LogP contribution < -0.4 is 22.0 Å². The first-order valence-corrected chi connectivity index (χ1v) is 11.5. The molecule has 0 amide bonds. The molecule has 5 rings (SSSR count). The molecule has 38 heavy (non-hydrogen) atoms. The molecule has 0 aliphatic heterocycles. The third-order valence-electron chi connectivity index (χ3n) is 5.93. The van der Waals surface area contributed by atoms with Crippen LogP contribution in [0.25, 0.3) is 16.8 Å². The molecule has 0 aliphatic rings. The minimum absolute atomic E-state index is 0.0505. The second-order valence-electron chi connectivity index (χ2n) is 8.59.